The second-order valence-corrected chi connectivity index (χ2v) is 7.07. The number of rotatable bonds is 5. The standard InChI is InChI=1S/C22H22N4O3/c1-14-6-7-19(15(2)11-14)28-10-9-25-8-4-5-17(25)13-18-21(23)26-20(24-22(18)27)12-16(3)29-26/h4-8,11-13,23H,9-10H2,1-3H3/b18-13+,23-21?. The first-order chi connectivity index (χ1) is 13.9. The second-order valence-electron chi connectivity index (χ2n) is 7.07. The number of aryl methyl sites for hydroxylation is 2. The van der Waals surface area contributed by atoms with Gasteiger partial charge in [-0.1, -0.05) is 17.7 Å². The highest BCUT2D eigenvalue weighted by Gasteiger charge is 2.34. The van der Waals surface area contributed by atoms with Crippen LogP contribution in [0.25, 0.3) is 6.08 Å². The number of amides is 1. The first-order valence-electron chi connectivity index (χ1n) is 9.37. The van der Waals surface area contributed by atoms with Gasteiger partial charge in [0.25, 0.3) is 5.91 Å². The highest BCUT2D eigenvalue weighted by Crippen LogP contribution is 2.24. The lowest BCUT2D eigenvalue weighted by Crippen LogP contribution is -2.38. The molecule has 148 valence electrons. The SMILES string of the molecule is CC1=CC2=NC(=O)/C(=C/c3cccn3CCOc3ccc(C)cc3C)C(=N)N2O1. The molecule has 0 radical (unpaired) electrons. The van der Waals surface area contributed by atoms with E-state index in [1.165, 1.54) is 10.6 Å². The van der Waals surface area contributed by atoms with Crippen LogP contribution in [0.3, 0.4) is 0 Å². The number of hydrogen-bond donors (Lipinski definition) is 1. The zero-order valence-corrected chi connectivity index (χ0v) is 16.6. The van der Waals surface area contributed by atoms with Crippen molar-refractivity contribution >= 4 is 23.7 Å². The molecule has 0 spiro atoms. The van der Waals surface area contributed by atoms with Crippen molar-refractivity contribution < 1.29 is 14.4 Å². The average Bonchev–Trinajstić information content (AvgIpc) is 3.26. The predicted octanol–water partition coefficient (Wildman–Crippen LogP) is 3.63. The lowest BCUT2D eigenvalue weighted by molar-refractivity contribution is -0.114. The zero-order chi connectivity index (χ0) is 20.5. The molecule has 0 saturated heterocycles. The van der Waals surface area contributed by atoms with Crippen molar-refractivity contribution in [1.82, 2.24) is 9.63 Å². The number of hydrogen-bond acceptors (Lipinski definition) is 4. The van der Waals surface area contributed by atoms with Crippen molar-refractivity contribution in [3.05, 3.63) is 70.8 Å². The van der Waals surface area contributed by atoms with Gasteiger partial charge in [0.1, 0.15) is 18.1 Å². The number of benzene rings is 1. The van der Waals surface area contributed by atoms with E-state index >= 15 is 0 Å². The van der Waals surface area contributed by atoms with E-state index in [2.05, 4.69) is 18.0 Å². The van der Waals surface area contributed by atoms with Crippen LogP contribution >= 0.6 is 0 Å². The topological polar surface area (TPSA) is 79.9 Å². The van der Waals surface area contributed by atoms with E-state index in [0.29, 0.717) is 24.7 Å². The van der Waals surface area contributed by atoms with Gasteiger partial charge in [0.05, 0.1) is 12.1 Å². The summed E-state index contributed by atoms with van der Waals surface area (Å²) in [5.41, 5.74) is 3.29. The zero-order valence-electron chi connectivity index (χ0n) is 16.6. The Morgan fingerprint density at radius 2 is 2.07 bits per heavy atom. The Kier molecular flexibility index (Phi) is 4.80. The molecule has 1 aromatic carbocycles. The third-order valence-electron chi connectivity index (χ3n) is 4.76. The summed E-state index contributed by atoms with van der Waals surface area (Å²) in [5.74, 6) is 1.33. The summed E-state index contributed by atoms with van der Waals surface area (Å²) < 4.78 is 7.89. The fourth-order valence-electron chi connectivity index (χ4n) is 3.33. The smallest absolute Gasteiger partial charge is 0.283 e. The predicted molar refractivity (Wildman–Crippen MR) is 111 cm³/mol. The van der Waals surface area contributed by atoms with Crippen molar-refractivity contribution in [2.75, 3.05) is 6.61 Å². The van der Waals surface area contributed by atoms with Crippen LogP contribution in [0.4, 0.5) is 0 Å². The molecular weight excluding hydrogens is 368 g/mol. The number of ether oxygens (including phenoxy) is 1. The summed E-state index contributed by atoms with van der Waals surface area (Å²) in [7, 11) is 0. The minimum Gasteiger partial charge on any atom is -0.491 e. The Labute approximate surface area is 169 Å². The van der Waals surface area contributed by atoms with Crippen LogP contribution in [0.1, 0.15) is 23.7 Å². The molecule has 0 bridgehead atoms. The highest BCUT2D eigenvalue weighted by atomic mass is 16.7. The summed E-state index contributed by atoms with van der Waals surface area (Å²) in [5, 5.41) is 9.58. The van der Waals surface area contributed by atoms with Crippen LogP contribution in [0.5, 0.6) is 5.75 Å². The van der Waals surface area contributed by atoms with E-state index < -0.39 is 5.91 Å². The van der Waals surface area contributed by atoms with E-state index in [0.717, 1.165) is 17.0 Å². The number of nitrogens with one attached hydrogen (secondary N) is 1. The second kappa shape index (κ2) is 7.43. The lowest BCUT2D eigenvalue weighted by atomic mass is 10.1. The number of carbonyl (C=O) groups is 1. The highest BCUT2D eigenvalue weighted by molar-refractivity contribution is 6.32. The quantitative estimate of drug-likeness (QED) is 0.791. The molecule has 1 N–H and O–H groups in total. The van der Waals surface area contributed by atoms with Crippen molar-refractivity contribution in [2.24, 2.45) is 4.99 Å². The molecule has 4 rings (SSSR count). The summed E-state index contributed by atoms with van der Waals surface area (Å²) >= 11 is 0. The minimum absolute atomic E-state index is 0.0209. The number of aromatic nitrogens is 1. The van der Waals surface area contributed by atoms with Gasteiger partial charge in [0, 0.05) is 18.0 Å². The van der Waals surface area contributed by atoms with Crippen LogP contribution in [-0.4, -0.2) is 33.8 Å². The summed E-state index contributed by atoms with van der Waals surface area (Å²) in [6, 6.07) is 9.88. The van der Waals surface area contributed by atoms with Gasteiger partial charge in [-0.3, -0.25) is 10.2 Å². The third kappa shape index (κ3) is 3.71. The number of fused-ring (bicyclic) bond motifs is 1. The molecule has 7 heteroatoms. The maximum absolute atomic E-state index is 12.4. The van der Waals surface area contributed by atoms with Crippen molar-refractivity contribution in [3.8, 4) is 5.75 Å². The van der Waals surface area contributed by atoms with Crippen LogP contribution in [-0.2, 0) is 16.2 Å². The molecule has 7 nitrogen and oxygen atoms in total. The molecule has 0 unspecified atom stereocenters. The fourth-order valence-corrected chi connectivity index (χ4v) is 3.33. The lowest BCUT2D eigenvalue weighted by Gasteiger charge is -2.23. The largest absolute Gasteiger partial charge is 0.491 e. The van der Waals surface area contributed by atoms with Crippen LogP contribution in [0.15, 0.2) is 58.9 Å². The van der Waals surface area contributed by atoms with E-state index in [1.54, 1.807) is 19.1 Å². The molecule has 2 aromatic rings. The van der Waals surface area contributed by atoms with Gasteiger partial charge >= 0.3 is 0 Å². The maximum atomic E-state index is 12.4. The van der Waals surface area contributed by atoms with Gasteiger partial charge in [-0.15, -0.1) is 5.06 Å². The monoisotopic (exact) mass is 390 g/mol. The number of amidine groups is 2. The number of allylic oxidation sites excluding steroid dienone is 1. The van der Waals surface area contributed by atoms with Crippen molar-refractivity contribution in [1.29, 1.82) is 5.41 Å². The Bertz CT molecular complexity index is 1090. The third-order valence-corrected chi connectivity index (χ3v) is 4.76. The summed E-state index contributed by atoms with van der Waals surface area (Å²) in [6.07, 6.45) is 5.22. The van der Waals surface area contributed by atoms with Crippen LogP contribution in [0.2, 0.25) is 0 Å². The molecule has 29 heavy (non-hydrogen) atoms. The molecule has 3 heterocycles. The van der Waals surface area contributed by atoms with Crippen molar-refractivity contribution in [3.63, 3.8) is 0 Å². The van der Waals surface area contributed by atoms with Crippen LogP contribution in [0, 0.1) is 19.3 Å². The molecule has 1 amide bonds. The van der Waals surface area contributed by atoms with Gasteiger partial charge in [-0.25, -0.2) is 0 Å². The van der Waals surface area contributed by atoms with Gasteiger partial charge in [0.2, 0.25) is 0 Å². The van der Waals surface area contributed by atoms with Crippen LogP contribution < -0.4 is 4.74 Å². The summed E-state index contributed by atoms with van der Waals surface area (Å²) in [4.78, 5) is 21.9. The molecule has 1 aromatic heterocycles. The number of carbonyl (C=O) groups excluding carboxylic acids is 1. The minimum atomic E-state index is -0.449. The number of hydroxylamine groups is 2. The Morgan fingerprint density at radius 1 is 1.24 bits per heavy atom. The van der Waals surface area contributed by atoms with E-state index in [1.807, 2.05) is 42.0 Å². The average molecular weight is 390 g/mol. The van der Waals surface area contributed by atoms with E-state index in [9.17, 15) is 4.79 Å². The Hall–Kier alpha value is -3.61. The molecule has 0 aliphatic carbocycles. The van der Waals surface area contributed by atoms with E-state index in [4.69, 9.17) is 15.0 Å². The molecule has 0 saturated carbocycles. The molecule has 0 atom stereocenters. The normalized spacial score (nSPS) is 17.2. The maximum Gasteiger partial charge on any atom is 0.283 e. The Morgan fingerprint density at radius 3 is 2.86 bits per heavy atom. The first-order valence-corrected chi connectivity index (χ1v) is 9.37. The van der Waals surface area contributed by atoms with Gasteiger partial charge in [-0.2, -0.15) is 4.99 Å². The number of aliphatic imine (C=N–C) groups is 1. The van der Waals surface area contributed by atoms with E-state index in [-0.39, 0.29) is 11.4 Å². The Balaban J connectivity index is 1.48. The summed E-state index contributed by atoms with van der Waals surface area (Å²) in [6.45, 7) is 6.93. The van der Waals surface area contributed by atoms with Gasteiger partial charge in [-0.05, 0) is 50.6 Å². The molecule has 2 aliphatic rings. The number of nitrogens with zero attached hydrogens (tertiary/aromatic N) is 3. The molecular formula is C22H22N4O3. The van der Waals surface area contributed by atoms with Gasteiger partial charge in [0.15, 0.2) is 11.7 Å². The fraction of sp³-hybridized carbons (Fsp3) is 0.227. The van der Waals surface area contributed by atoms with Crippen molar-refractivity contribution in [2.45, 2.75) is 27.3 Å². The van der Waals surface area contributed by atoms with Gasteiger partial charge < -0.3 is 14.1 Å². The molecule has 2 aliphatic heterocycles. The molecule has 0 fully saturated rings. The first kappa shape index (κ1) is 18.7.